The van der Waals surface area contributed by atoms with E-state index < -0.39 is 17.4 Å². The van der Waals surface area contributed by atoms with Crippen molar-refractivity contribution in [2.45, 2.75) is 6.92 Å². The van der Waals surface area contributed by atoms with Crippen molar-refractivity contribution in [3.63, 3.8) is 0 Å². The summed E-state index contributed by atoms with van der Waals surface area (Å²) < 4.78 is 28.4. The number of nitrogens with two attached hydrogens (primary N) is 1. The number of nitrogen functional groups attached to an aromatic ring is 1. The Morgan fingerprint density at radius 2 is 1.71 bits per heavy atom. The van der Waals surface area contributed by atoms with E-state index >= 15 is 0 Å². The molecule has 0 saturated carbocycles. The topological polar surface area (TPSA) is 82.1 Å². The predicted molar refractivity (Wildman–Crippen MR) is 109 cm³/mol. The van der Waals surface area contributed by atoms with E-state index in [9.17, 15) is 13.9 Å². The summed E-state index contributed by atoms with van der Waals surface area (Å²) >= 11 is 0. The van der Waals surface area contributed by atoms with Gasteiger partial charge in [-0.05, 0) is 36.2 Å². The van der Waals surface area contributed by atoms with Gasteiger partial charge in [-0.3, -0.25) is 5.41 Å². The van der Waals surface area contributed by atoms with Crippen LogP contribution in [0.15, 0.2) is 66.9 Å². The molecule has 0 fully saturated rings. The van der Waals surface area contributed by atoms with Crippen molar-refractivity contribution < 1.29 is 13.9 Å². The molecule has 3 aromatic rings. The van der Waals surface area contributed by atoms with Crippen molar-refractivity contribution in [3.05, 3.63) is 89.6 Å². The third-order valence-corrected chi connectivity index (χ3v) is 4.37. The van der Waals surface area contributed by atoms with Gasteiger partial charge in [0.25, 0.3) is 0 Å². The molecule has 0 spiro atoms. The fraction of sp³-hybridized carbons (Fsp3) is 0.0455. The van der Waals surface area contributed by atoms with Crippen molar-refractivity contribution in [2.75, 3.05) is 11.1 Å². The molecule has 0 saturated heterocycles. The number of phenols is 1. The average molecular weight is 379 g/mol. The number of para-hydroxylation sites is 1. The Morgan fingerprint density at radius 3 is 2.36 bits per heavy atom. The molecule has 0 unspecified atom stereocenters. The molecule has 3 aromatic carbocycles. The molecule has 0 bridgehead atoms. The van der Waals surface area contributed by atoms with Gasteiger partial charge in [0, 0.05) is 29.1 Å². The zero-order valence-corrected chi connectivity index (χ0v) is 15.2. The third-order valence-electron chi connectivity index (χ3n) is 4.37. The van der Waals surface area contributed by atoms with Crippen LogP contribution in [0, 0.1) is 24.0 Å². The summed E-state index contributed by atoms with van der Waals surface area (Å²) in [5, 5.41) is 20.8. The molecule has 28 heavy (non-hydrogen) atoms. The quantitative estimate of drug-likeness (QED) is 0.362. The molecule has 0 heterocycles. The summed E-state index contributed by atoms with van der Waals surface area (Å²) in [6.45, 7) is 5.81. The van der Waals surface area contributed by atoms with Gasteiger partial charge >= 0.3 is 0 Å². The third kappa shape index (κ3) is 3.71. The van der Waals surface area contributed by atoms with Crippen LogP contribution in [0.1, 0.15) is 11.1 Å². The lowest BCUT2D eigenvalue weighted by atomic mass is 9.97. The summed E-state index contributed by atoms with van der Waals surface area (Å²) in [6.07, 6.45) is 0. The van der Waals surface area contributed by atoms with Gasteiger partial charge in [-0.2, -0.15) is 0 Å². The molecule has 0 aliphatic rings. The Hall–Kier alpha value is -3.67. The number of rotatable bonds is 5. The molecule has 0 aromatic heterocycles. The van der Waals surface area contributed by atoms with E-state index in [0.717, 1.165) is 23.4 Å². The molecule has 0 radical (unpaired) electrons. The fourth-order valence-corrected chi connectivity index (χ4v) is 2.86. The normalized spacial score (nSPS) is 10.5. The molecule has 5 N–H and O–H groups in total. The Bertz CT molecular complexity index is 1070. The highest BCUT2D eigenvalue weighted by Crippen LogP contribution is 2.32. The second-order valence-corrected chi connectivity index (χ2v) is 6.38. The minimum absolute atomic E-state index is 0.00203. The van der Waals surface area contributed by atoms with Crippen LogP contribution in [0.25, 0.3) is 11.1 Å². The van der Waals surface area contributed by atoms with Crippen molar-refractivity contribution >= 4 is 17.1 Å². The number of benzene rings is 3. The van der Waals surface area contributed by atoms with Crippen molar-refractivity contribution in [3.8, 4) is 16.9 Å². The van der Waals surface area contributed by atoms with Crippen LogP contribution in [0.5, 0.6) is 5.75 Å². The second kappa shape index (κ2) is 7.52. The first-order valence-corrected chi connectivity index (χ1v) is 8.46. The van der Waals surface area contributed by atoms with Gasteiger partial charge in [0.05, 0.1) is 17.0 Å². The minimum atomic E-state index is -0.906. The molecule has 0 atom stereocenters. The average Bonchev–Trinajstić information content (AvgIpc) is 2.63. The number of anilines is 2. The maximum atomic E-state index is 14.2. The van der Waals surface area contributed by atoms with Crippen LogP contribution >= 0.6 is 0 Å². The molecule has 142 valence electrons. The summed E-state index contributed by atoms with van der Waals surface area (Å²) in [5.74, 6) is -2.31. The molecule has 0 amide bonds. The van der Waals surface area contributed by atoms with E-state index in [-0.39, 0.29) is 28.1 Å². The Balaban J connectivity index is 1.97. The minimum Gasteiger partial charge on any atom is -0.508 e. The zero-order valence-electron chi connectivity index (χ0n) is 15.2. The largest absolute Gasteiger partial charge is 0.508 e. The Kier molecular flexibility index (Phi) is 5.13. The van der Waals surface area contributed by atoms with E-state index in [1.807, 2.05) is 31.2 Å². The van der Waals surface area contributed by atoms with Crippen LogP contribution < -0.4 is 11.1 Å². The van der Waals surface area contributed by atoms with Gasteiger partial charge in [0.1, 0.15) is 17.4 Å². The number of aryl methyl sites for hydroxylation is 1. The number of aromatic hydroxyl groups is 1. The first kappa shape index (κ1) is 19.1. The molecule has 4 nitrogen and oxygen atoms in total. The van der Waals surface area contributed by atoms with Gasteiger partial charge in [0.2, 0.25) is 0 Å². The number of hydrogen-bond donors (Lipinski definition) is 4. The van der Waals surface area contributed by atoms with E-state index in [4.69, 9.17) is 11.1 Å². The van der Waals surface area contributed by atoms with Crippen LogP contribution in [0.2, 0.25) is 0 Å². The Labute approximate surface area is 161 Å². The summed E-state index contributed by atoms with van der Waals surface area (Å²) in [6, 6.07) is 13.6. The standard InChI is InChI=1S/C22H19F2N3O/c1-12-5-3-4-6-20(12)27-13(2)22(26)16-9-14(7-8-19(16)25)21-17(23)10-15(28)11-18(21)24/h3-11,26-28H,2,25H2,1H3. The van der Waals surface area contributed by atoms with Gasteiger partial charge in [-0.15, -0.1) is 0 Å². The highest BCUT2D eigenvalue weighted by atomic mass is 19.1. The van der Waals surface area contributed by atoms with E-state index in [0.29, 0.717) is 5.70 Å². The Morgan fingerprint density at radius 1 is 1.07 bits per heavy atom. The maximum absolute atomic E-state index is 14.2. The number of halogens is 2. The molecule has 0 aliphatic carbocycles. The van der Waals surface area contributed by atoms with Gasteiger partial charge in [-0.25, -0.2) is 8.78 Å². The molecular formula is C22H19F2N3O. The fourth-order valence-electron chi connectivity index (χ4n) is 2.86. The molecular weight excluding hydrogens is 360 g/mol. The van der Waals surface area contributed by atoms with Crippen LogP contribution in [-0.4, -0.2) is 10.8 Å². The predicted octanol–water partition coefficient (Wildman–Crippen LogP) is 5.22. The zero-order chi connectivity index (χ0) is 20.4. The number of nitrogens with one attached hydrogen (secondary N) is 2. The van der Waals surface area contributed by atoms with E-state index in [1.165, 1.54) is 18.2 Å². The number of allylic oxidation sites excluding steroid dienone is 1. The number of phenolic OH excluding ortho intramolecular Hbond substituents is 1. The maximum Gasteiger partial charge on any atom is 0.137 e. The number of hydrogen-bond acceptors (Lipinski definition) is 4. The van der Waals surface area contributed by atoms with Gasteiger partial charge < -0.3 is 16.2 Å². The van der Waals surface area contributed by atoms with E-state index in [2.05, 4.69) is 11.9 Å². The monoisotopic (exact) mass is 379 g/mol. The van der Waals surface area contributed by atoms with Crippen LogP contribution in [-0.2, 0) is 0 Å². The van der Waals surface area contributed by atoms with Crippen LogP contribution in [0.4, 0.5) is 20.2 Å². The first-order valence-electron chi connectivity index (χ1n) is 8.46. The first-order chi connectivity index (χ1) is 13.3. The lowest BCUT2D eigenvalue weighted by molar-refractivity contribution is 0.461. The smallest absolute Gasteiger partial charge is 0.137 e. The summed E-state index contributed by atoms with van der Waals surface area (Å²) in [7, 11) is 0. The van der Waals surface area contributed by atoms with Crippen LogP contribution in [0.3, 0.4) is 0 Å². The van der Waals surface area contributed by atoms with Crippen molar-refractivity contribution in [1.82, 2.24) is 0 Å². The van der Waals surface area contributed by atoms with Crippen molar-refractivity contribution in [2.24, 2.45) is 0 Å². The highest BCUT2D eigenvalue weighted by Gasteiger charge is 2.17. The van der Waals surface area contributed by atoms with E-state index in [1.54, 1.807) is 0 Å². The summed E-state index contributed by atoms with van der Waals surface area (Å²) in [4.78, 5) is 0. The lowest BCUT2D eigenvalue weighted by Crippen LogP contribution is -2.13. The highest BCUT2D eigenvalue weighted by molar-refractivity contribution is 6.15. The molecule has 6 heteroatoms. The molecule has 0 aliphatic heterocycles. The molecule has 3 rings (SSSR count). The van der Waals surface area contributed by atoms with Gasteiger partial charge in [-0.1, -0.05) is 30.8 Å². The summed E-state index contributed by atoms with van der Waals surface area (Å²) in [5.41, 5.74) is 8.53. The second-order valence-electron chi connectivity index (χ2n) is 6.38. The van der Waals surface area contributed by atoms with Gasteiger partial charge in [0.15, 0.2) is 0 Å². The SMILES string of the molecule is C=C(Nc1ccccc1C)C(=N)c1cc(-c2c(F)cc(O)cc2F)ccc1N. The van der Waals surface area contributed by atoms with Crippen molar-refractivity contribution in [1.29, 1.82) is 5.41 Å². The lowest BCUT2D eigenvalue weighted by Gasteiger charge is -2.16.